The third-order valence-electron chi connectivity index (χ3n) is 2.52. The summed E-state index contributed by atoms with van der Waals surface area (Å²) in [7, 11) is 0. The van der Waals surface area contributed by atoms with Gasteiger partial charge in [0.05, 0.1) is 5.71 Å². The molecule has 3 N–H and O–H groups in total. The van der Waals surface area contributed by atoms with E-state index in [1.165, 1.54) is 6.92 Å². The predicted octanol–water partition coefficient (Wildman–Crippen LogP) is 2.90. The first-order valence-electron chi connectivity index (χ1n) is 6.36. The number of aromatic hydroxyl groups is 1. The Balaban J connectivity index is 2.76. The average molecular weight is 315 g/mol. The van der Waals surface area contributed by atoms with Crippen LogP contribution in [0.15, 0.2) is 17.2 Å². The molecule has 21 heavy (non-hydrogen) atoms. The smallest absolute Gasteiger partial charge is 0.186 e. The van der Waals surface area contributed by atoms with Crippen LogP contribution in [-0.2, 0) is 0 Å². The van der Waals surface area contributed by atoms with E-state index in [1.807, 2.05) is 20.8 Å². The normalized spacial score (nSPS) is 12.2. The summed E-state index contributed by atoms with van der Waals surface area (Å²) in [4.78, 5) is 0. The maximum atomic E-state index is 13.2. The average Bonchev–Trinajstić information content (AvgIpc) is 2.36. The minimum atomic E-state index is -1.03. The first-order chi connectivity index (χ1) is 9.60. The number of phenolic OH excluding ortho intramolecular Hbond substituents is 1. The molecule has 0 aliphatic heterocycles. The highest BCUT2D eigenvalue weighted by molar-refractivity contribution is 7.80. The summed E-state index contributed by atoms with van der Waals surface area (Å²) in [6.45, 7) is 8.29. The first-order valence-corrected chi connectivity index (χ1v) is 6.77. The standard InChI is InChI=1S/C14H19F2N3OS/c1-8(10-5-9(15)6-11(16)12(10)20)18-19-13(21)17-7-14(2,3)4/h5-6,20H,7H2,1-4H3,(H2,17,19,21)/b18-8+. The van der Waals surface area contributed by atoms with Crippen LogP contribution in [0.1, 0.15) is 33.3 Å². The monoisotopic (exact) mass is 315 g/mol. The molecule has 0 radical (unpaired) electrons. The lowest BCUT2D eigenvalue weighted by Gasteiger charge is -2.19. The van der Waals surface area contributed by atoms with Crippen molar-refractivity contribution in [3.63, 3.8) is 0 Å². The van der Waals surface area contributed by atoms with E-state index in [2.05, 4.69) is 15.8 Å². The highest BCUT2D eigenvalue weighted by Gasteiger charge is 2.13. The molecule has 1 rings (SSSR count). The molecule has 0 aromatic heterocycles. The van der Waals surface area contributed by atoms with E-state index < -0.39 is 17.4 Å². The number of hydrogen-bond acceptors (Lipinski definition) is 3. The summed E-state index contributed by atoms with van der Waals surface area (Å²) in [6, 6.07) is 1.61. The van der Waals surface area contributed by atoms with E-state index in [1.54, 1.807) is 0 Å². The summed E-state index contributed by atoms with van der Waals surface area (Å²) in [5, 5.41) is 16.7. The Labute approximate surface area is 128 Å². The number of thiocarbonyl (C=S) groups is 1. The number of benzene rings is 1. The van der Waals surface area contributed by atoms with Crippen LogP contribution in [0.2, 0.25) is 0 Å². The highest BCUT2D eigenvalue weighted by atomic mass is 32.1. The minimum Gasteiger partial charge on any atom is -0.504 e. The summed E-state index contributed by atoms with van der Waals surface area (Å²) in [6.07, 6.45) is 0. The van der Waals surface area contributed by atoms with Gasteiger partial charge < -0.3 is 10.4 Å². The maximum absolute atomic E-state index is 13.2. The molecule has 7 heteroatoms. The largest absolute Gasteiger partial charge is 0.504 e. The molecule has 0 spiro atoms. The van der Waals surface area contributed by atoms with Crippen LogP contribution in [0.3, 0.4) is 0 Å². The third kappa shape index (κ3) is 5.63. The van der Waals surface area contributed by atoms with Crippen LogP contribution in [0.5, 0.6) is 5.75 Å². The molecule has 0 atom stereocenters. The lowest BCUT2D eigenvalue weighted by atomic mass is 9.97. The van der Waals surface area contributed by atoms with Crippen molar-refractivity contribution in [3.05, 3.63) is 29.3 Å². The van der Waals surface area contributed by atoms with Crippen LogP contribution >= 0.6 is 12.2 Å². The van der Waals surface area contributed by atoms with Crippen molar-refractivity contribution in [1.29, 1.82) is 0 Å². The van der Waals surface area contributed by atoms with E-state index in [0.717, 1.165) is 6.07 Å². The SMILES string of the molecule is C/C(=N\NC(=S)NCC(C)(C)C)c1cc(F)cc(F)c1O. The molecule has 0 aliphatic carbocycles. The zero-order valence-electron chi connectivity index (χ0n) is 12.4. The molecule has 0 fully saturated rings. The Hall–Kier alpha value is -1.76. The number of rotatable bonds is 3. The van der Waals surface area contributed by atoms with Gasteiger partial charge in [-0.15, -0.1) is 0 Å². The van der Waals surface area contributed by atoms with Crippen molar-refractivity contribution in [2.75, 3.05) is 6.54 Å². The molecule has 4 nitrogen and oxygen atoms in total. The van der Waals surface area contributed by atoms with Crippen LogP contribution in [0.4, 0.5) is 8.78 Å². The van der Waals surface area contributed by atoms with Gasteiger partial charge in [-0.3, -0.25) is 5.43 Å². The molecule has 0 bridgehead atoms. The van der Waals surface area contributed by atoms with Gasteiger partial charge in [0.2, 0.25) is 0 Å². The molecule has 0 unspecified atom stereocenters. The maximum Gasteiger partial charge on any atom is 0.186 e. The summed E-state index contributed by atoms with van der Waals surface area (Å²) in [5.74, 6) is -2.47. The van der Waals surface area contributed by atoms with Crippen LogP contribution in [0.25, 0.3) is 0 Å². The highest BCUT2D eigenvalue weighted by Crippen LogP contribution is 2.23. The van der Waals surface area contributed by atoms with Gasteiger partial charge in [0, 0.05) is 18.2 Å². The Bertz CT molecular complexity index is 568. The van der Waals surface area contributed by atoms with Gasteiger partial charge in [0.1, 0.15) is 5.82 Å². The van der Waals surface area contributed by atoms with E-state index in [0.29, 0.717) is 17.7 Å². The van der Waals surface area contributed by atoms with Gasteiger partial charge in [0.25, 0.3) is 0 Å². The third-order valence-corrected chi connectivity index (χ3v) is 2.76. The number of nitrogens with zero attached hydrogens (tertiary/aromatic N) is 1. The Morgan fingerprint density at radius 1 is 1.33 bits per heavy atom. The van der Waals surface area contributed by atoms with E-state index >= 15 is 0 Å². The van der Waals surface area contributed by atoms with Gasteiger partial charge in [-0.2, -0.15) is 5.10 Å². The van der Waals surface area contributed by atoms with Crippen molar-refractivity contribution >= 4 is 23.0 Å². The minimum absolute atomic E-state index is 0.0291. The van der Waals surface area contributed by atoms with Gasteiger partial charge in [-0.05, 0) is 30.6 Å². The number of phenols is 1. The second-order valence-corrected chi connectivity index (χ2v) is 6.24. The first kappa shape index (κ1) is 17.3. The van der Waals surface area contributed by atoms with E-state index in [-0.39, 0.29) is 16.7 Å². The fourth-order valence-corrected chi connectivity index (χ4v) is 1.54. The second kappa shape index (κ2) is 6.80. The molecule has 0 amide bonds. The number of nitrogens with one attached hydrogen (secondary N) is 2. The van der Waals surface area contributed by atoms with Crippen LogP contribution in [0, 0.1) is 17.0 Å². The van der Waals surface area contributed by atoms with Gasteiger partial charge in [-0.1, -0.05) is 20.8 Å². The number of halogens is 2. The molecule has 0 aliphatic rings. The zero-order chi connectivity index (χ0) is 16.2. The van der Waals surface area contributed by atoms with Crippen molar-refractivity contribution in [2.24, 2.45) is 10.5 Å². The predicted molar refractivity (Wildman–Crippen MR) is 83.4 cm³/mol. The second-order valence-electron chi connectivity index (χ2n) is 5.84. The fraction of sp³-hybridized carbons (Fsp3) is 0.429. The van der Waals surface area contributed by atoms with Gasteiger partial charge in [0.15, 0.2) is 16.7 Å². The summed E-state index contributed by atoms with van der Waals surface area (Å²) in [5.41, 5.74) is 2.81. The van der Waals surface area contributed by atoms with Crippen molar-refractivity contribution < 1.29 is 13.9 Å². The summed E-state index contributed by atoms with van der Waals surface area (Å²) < 4.78 is 26.4. The fourth-order valence-electron chi connectivity index (χ4n) is 1.42. The van der Waals surface area contributed by atoms with Gasteiger partial charge >= 0.3 is 0 Å². The topological polar surface area (TPSA) is 56.7 Å². The molecule has 0 saturated carbocycles. The van der Waals surface area contributed by atoms with E-state index in [9.17, 15) is 13.9 Å². The van der Waals surface area contributed by atoms with Crippen LogP contribution in [-0.4, -0.2) is 22.5 Å². The number of hydrogen-bond donors (Lipinski definition) is 3. The molecule has 1 aromatic carbocycles. The Morgan fingerprint density at radius 2 is 1.95 bits per heavy atom. The molecular formula is C14H19F2N3OS. The van der Waals surface area contributed by atoms with Crippen molar-refractivity contribution in [2.45, 2.75) is 27.7 Å². The zero-order valence-corrected chi connectivity index (χ0v) is 13.2. The Kier molecular flexibility index (Phi) is 5.60. The van der Waals surface area contributed by atoms with Crippen LogP contribution < -0.4 is 10.7 Å². The lowest BCUT2D eigenvalue weighted by molar-refractivity contribution is 0.408. The molecule has 0 saturated heterocycles. The molecule has 1 aromatic rings. The summed E-state index contributed by atoms with van der Waals surface area (Å²) >= 11 is 5.03. The molecule has 0 heterocycles. The van der Waals surface area contributed by atoms with Gasteiger partial charge in [-0.25, -0.2) is 8.78 Å². The van der Waals surface area contributed by atoms with Crippen molar-refractivity contribution in [1.82, 2.24) is 10.7 Å². The number of hydrazone groups is 1. The van der Waals surface area contributed by atoms with Crippen molar-refractivity contribution in [3.8, 4) is 5.75 Å². The molecule has 116 valence electrons. The Morgan fingerprint density at radius 3 is 2.52 bits per heavy atom. The van der Waals surface area contributed by atoms with E-state index in [4.69, 9.17) is 12.2 Å². The molecular weight excluding hydrogens is 296 g/mol. The quantitative estimate of drug-likeness (QED) is 0.456. The lowest BCUT2D eigenvalue weighted by Crippen LogP contribution is -2.37.